The van der Waals surface area contributed by atoms with Gasteiger partial charge in [0.1, 0.15) is 0 Å². The minimum Gasteiger partial charge on any atom is -0.388 e. The van der Waals surface area contributed by atoms with Crippen LogP contribution >= 0.6 is 22.9 Å². The average Bonchev–Trinajstić information content (AvgIpc) is 2.54. The lowest BCUT2D eigenvalue weighted by atomic mass is 9.93. The van der Waals surface area contributed by atoms with Crippen molar-refractivity contribution in [2.24, 2.45) is 5.92 Å². The number of rotatable bonds is 3. The monoisotopic (exact) mass is 272 g/mol. The fourth-order valence-electron chi connectivity index (χ4n) is 2.68. The molecule has 1 N–H and O–H groups in total. The van der Waals surface area contributed by atoms with Gasteiger partial charge in [0.25, 0.3) is 0 Å². The van der Waals surface area contributed by atoms with Crippen LogP contribution in [-0.4, -0.2) is 5.11 Å². The quantitative estimate of drug-likeness (QED) is 0.759. The largest absolute Gasteiger partial charge is 0.388 e. The highest BCUT2D eigenvalue weighted by Gasteiger charge is 2.19. The summed E-state index contributed by atoms with van der Waals surface area (Å²) in [6, 6.07) is 2.04. The fourth-order valence-corrected chi connectivity index (χ4v) is 3.90. The van der Waals surface area contributed by atoms with Crippen molar-refractivity contribution in [1.29, 1.82) is 0 Å². The number of hydrogen-bond donors (Lipinski definition) is 1. The standard InChI is InChI=1S/C14H21ClOS/c1-10-8-13(17-14(10)15)12(16)9-11-6-4-2-3-5-7-11/h8,11-12,16H,2-7,9H2,1H3. The van der Waals surface area contributed by atoms with E-state index in [1.807, 2.05) is 13.0 Å². The fraction of sp³-hybridized carbons (Fsp3) is 0.714. The molecule has 0 amide bonds. The molecule has 1 heterocycles. The Bertz CT molecular complexity index is 334. The van der Waals surface area contributed by atoms with E-state index in [0.29, 0.717) is 5.92 Å². The molecule has 1 fully saturated rings. The van der Waals surface area contributed by atoms with Gasteiger partial charge < -0.3 is 5.11 Å². The molecular weight excluding hydrogens is 252 g/mol. The van der Waals surface area contributed by atoms with Gasteiger partial charge in [0.15, 0.2) is 0 Å². The van der Waals surface area contributed by atoms with E-state index in [0.717, 1.165) is 21.2 Å². The van der Waals surface area contributed by atoms with E-state index in [1.54, 1.807) is 0 Å². The molecule has 0 aromatic carbocycles. The Balaban J connectivity index is 1.93. The predicted molar refractivity (Wildman–Crippen MR) is 74.8 cm³/mol. The molecule has 0 radical (unpaired) electrons. The highest BCUT2D eigenvalue weighted by Crippen LogP contribution is 2.36. The minimum absolute atomic E-state index is 0.311. The topological polar surface area (TPSA) is 20.2 Å². The molecule has 0 spiro atoms. The Hall–Kier alpha value is -0.0500. The van der Waals surface area contributed by atoms with Crippen LogP contribution < -0.4 is 0 Å². The molecule has 1 unspecified atom stereocenters. The van der Waals surface area contributed by atoms with Gasteiger partial charge in [-0.15, -0.1) is 11.3 Å². The first kappa shape index (κ1) is 13.4. The van der Waals surface area contributed by atoms with E-state index in [2.05, 4.69) is 0 Å². The number of aryl methyl sites for hydroxylation is 1. The SMILES string of the molecule is Cc1cc(C(O)CC2CCCCCC2)sc1Cl. The van der Waals surface area contributed by atoms with Gasteiger partial charge in [-0.1, -0.05) is 50.1 Å². The lowest BCUT2D eigenvalue weighted by Gasteiger charge is -2.17. The lowest BCUT2D eigenvalue weighted by Crippen LogP contribution is -2.05. The van der Waals surface area contributed by atoms with Crippen LogP contribution in [0.1, 0.15) is 61.5 Å². The summed E-state index contributed by atoms with van der Waals surface area (Å²) in [4.78, 5) is 1.04. The van der Waals surface area contributed by atoms with Crippen LogP contribution in [0.25, 0.3) is 0 Å². The van der Waals surface area contributed by atoms with Gasteiger partial charge in [-0.2, -0.15) is 0 Å². The highest BCUT2D eigenvalue weighted by atomic mass is 35.5. The van der Waals surface area contributed by atoms with E-state index in [1.165, 1.54) is 49.9 Å². The Morgan fingerprint density at radius 2 is 2.00 bits per heavy atom. The minimum atomic E-state index is -0.311. The zero-order chi connectivity index (χ0) is 12.3. The number of aliphatic hydroxyl groups is 1. The molecule has 2 rings (SSSR count). The summed E-state index contributed by atoms with van der Waals surface area (Å²) < 4.78 is 0.819. The molecule has 1 aliphatic carbocycles. The van der Waals surface area contributed by atoms with Crippen LogP contribution in [0.5, 0.6) is 0 Å². The maximum absolute atomic E-state index is 10.3. The van der Waals surface area contributed by atoms with Crippen LogP contribution in [0.15, 0.2) is 6.07 Å². The summed E-state index contributed by atoms with van der Waals surface area (Å²) in [5.41, 5.74) is 1.09. The zero-order valence-corrected chi connectivity index (χ0v) is 12.0. The van der Waals surface area contributed by atoms with Crippen LogP contribution in [-0.2, 0) is 0 Å². The van der Waals surface area contributed by atoms with E-state index >= 15 is 0 Å². The van der Waals surface area contributed by atoms with Gasteiger partial charge in [0.2, 0.25) is 0 Å². The Morgan fingerprint density at radius 3 is 2.53 bits per heavy atom. The van der Waals surface area contributed by atoms with Crippen LogP contribution in [0.2, 0.25) is 4.34 Å². The average molecular weight is 273 g/mol. The van der Waals surface area contributed by atoms with Crippen molar-refractivity contribution < 1.29 is 5.11 Å². The van der Waals surface area contributed by atoms with Crippen molar-refractivity contribution in [3.05, 3.63) is 20.8 Å². The summed E-state index contributed by atoms with van der Waals surface area (Å²) in [5, 5.41) is 10.3. The van der Waals surface area contributed by atoms with Crippen molar-refractivity contribution in [3.63, 3.8) is 0 Å². The number of hydrogen-bond acceptors (Lipinski definition) is 2. The second-order valence-electron chi connectivity index (χ2n) is 5.21. The van der Waals surface area contributed by atoms with Gasteiger partial charge >= 0.3 is 0 Å². The molecule has 96 valence electrons. The van der Waals surface area contributed by atoms with E-state index in [4.69, 9.17) is 11.6 Å². The normalized spacial score (nSPS) is 20.2. The van der Waals surface area contributed by atoms with Crippen LogP contribution in [0.3, 0.4) is 0 Å². The summed E-state index contributed by atoms with van der Waals surface area (Å²) >= 11 is 7.58. The maximum atomic E-state index is 10.3. The Labute approximate surface area is 113 Å². The first-order valence-electron chi connectivity index (χ1n) is 6.60. The number of halogens is 1. The molecule has 1 aromatic heterocycles. The predicted octanol–water partition coefficient (Wildman–Crippen LogP) is 5.10. The number of thiophene rings is 1. The molecule has 3 heteroatoms. The number of aliphatic hydroxyl groups excluding tert-OH is 1. The molecule has 1 saturated carbocycles. The molecule has 1 aromatic rings. The highest BCUT2D eigenvalue weighted by molar-refractivity contribution is 7.16. The Kier molecular flexibility index (Phi) is 4.89. The summed E-state index contributed by atoms with van der Waals surface area (Å²) in [7, 11) is 0. The summed E-state index contributed by atoms with van der Waals surface area (Å²) in [6.45, 7) is 2.00. The Morgan fingerprint density at radius 1 is 1.35 bits per heavy atom. The third-order valence-electron chi connectivity index (χ3n) is 3.74. The van der Waals surface area contributed by atoms with Crippen molar-refractivity contribution in [3.8, 4) is 0 Å². The van der Waals surface area contributed by atoms with Crippen LogP contribution in [0.4, 0.5) is 0 Å². The van der Waals surface area contributed by atoms with Gasteiger partial charge in [0.05, 0.1) is 10.4 Å². The van der Waals surface area contributed by atoms with Gasteiger partial charge in [0, 0.05) is 4.88 Å². The first-order chi connectivity index (χ1) is 8.16. The second-order valence-corrected chi connectivity index (χ2v) is 6.90. The molecule has 1 nitrogen and oxygen atoms in total. The zero-order valence-electron chi connectivity index (χ0n) is 10.4. The van der Waals surface area contributed by atoms with Gasteiger partial charge in [-0.25, -0.2) is 0 Å². The van der Waals surface area contributed by atoms with E-state index in [9.17, 15) is 5.11 Å². The molecule has 0 bridgehead atoms. The van der Waals surface area contributed by atoms with Crippen molar-refractivity contribution in [2.45, 2.75) is 58.0 Å². The van der Waals surface area contributed by atoms with E-state index in [-0.39, 0.29) is 6.10 Å². The molecule has 1 aliphatic rings. The third-order valence-corrected chi connectivity index (χ3v) is 5.39. The molecule has 0 saturated heterocycles. The third kappa shape index (κ3) is 3.70. The molecule has 17 heavy (non-hydrogen) atoms. The van der Waals surface area contributed by atoms with Crippen molar-refractivity contribution in [2.75, 3.05) is 0 Å². The molecule has 1 atom stereocenters. The van der Waals surface area contributed by atoms with Gasteiger partial charge in [-0.05, 0) is 30.9 Å². The second kappa shape index (κ2) is 6.21. The van der Waals surface area contributed by atoms with Crippen molar-refractivity contribution >= 4 is 22.9 Å². The summed E-state index contributed by atoms with van der Waals surface area (Å²) in [5.74, 6) is 0.702. The maximum Gasteiger partial charge on any atom is 0.0961 e. The van der Waals surface area contributed by atoms with Gasteiger partial charge in [-0.3, -0.25) is 0 Å². The van der Waals surface area contributed by atoms with E-state index < -0.39 is 0 Å². The lowest BCUT2D eigenvalue weighted by molar-refractivity contribution is 0.142. The molecular formula is C14H21ClOS. The van der Waals surface area contributed by atoms with Crippen molar-refractivity contribution in [1.82, 2.24) is 0 Å². The molecule has 0 aliphatic heterocycles. The first-order valence-corrected chi connectivity index (χ1v) is 7.80. The summed E-state index contributed by atoms with van der Waals surface area (Å²) in [6.07, 6.45) is 8.59. The smallest absolute Gasteiger partial charge is 0.0961 e. The van der Waals surface area contributed by atoms with Crippen LogP contribution in [0, 0.1) is 12.8 Å².